The molecule has 2 atom stereocenters. The Bertz CT molecular complexity index is 284. The van der Waals surface area contributed by atoms with E-state index in [4.69, 9.17) is 4.42 Å². The number of hydrogen-bond acceptors (Lipinski definition) is 3. The third-order valence-electron chi connectivity index (χ3n) is 3.36. The monoisotopic (exact) mass is 208 g/mol. The lowest BCUT2D eigenvalue weighted by Gasteiger charge is -2.35. The summed E-state index contributed by atoms with van der Waals surface area (Å²) in [7, 11) is 2.05. The minimum atomic E-state index is 0.399. The van der Waals surface area contributed by atoms with Crippen LogP contribution in [0.2, 0.25) is 0 Å². The quantitative estimate of drug-likeness (QED) is 0.824. The van der Waals surface area contributed by atoms with E-state index in [0.29, 0.717) is 12.1 Å². The zero-order valence-electron chi connectivity index (χ0n) is 9.57. The fourth-order valence-corrected chi connectivity index (χ4v) is 2.30. The molecule has 1 fully saturated rings. The van der Waals surface area contributed by atoms with Gasteiger partial charge < -0.3 is 9.73 Å². The molecule has 0 spiro atoms. The van der Waals surface area contributed by atoms with Gasteiger partial charge in [0.05, 0.1) is 12.3 Å². The zero-order chi connectivity index (χ0) is 10.7. The topological polar surface area (TPSA) is 28.4 Å². The van der Waals surface area contributed by atoms with Gasteiger partial charge in [0.2, 0.25) is 0 Å². The predicted molar refractivity (Wildman–Crippen MR) is 60.8 cm³/mol. The van der Waals surface area contributed by atoms with E-state index in [1.54, 1.807) is 6.26 Å². The number of piperidine rings is 1. The molecule has 0 amide bonds. The molecule has 2 rings (SSSR count). The molecular formula is C12H20N2O. The van der Waals surface area contributed by atoms with Crippen LogP contribution in [0.5, 0.6) is 0 Å². The van der Waals surface area contributed by atoms with Gasteiger partial charge >= 0.3 is 0 Å². The molecular weight excluding hydrogens is 188 g/mol. The zero-order valence-corrected chi connectivity index (χ0v) is 9.57. The Morgan fingerprint density at radius 2 is 2.47 bits per heavy atom. The predicted octanol–water partition coefficient (Wildman–Crippen LogP) is 2.02. The molecule has 1 aliphatic heterocycles. The van der Waals surface area contributed by atoms with Crippen LogP contribution in [-0.4, -0.2) is 31.1 Å². The summed E-state index contributed by atoms with van der Waals surface area (Å²) in [4.78, 5) is 2.49. The van der Waals surface area contributed by atoms with Gasteiger partial charge in [-0.1, -0.05) is 0 Å². The molecule has 1 aromatic rings. The van der Waals surface area contributed by atoms with Gasteiger partial charge in [0.25, 0.3) is 0 Å². The SMILES string of the molecule is CNC1CCCN(C(C)c2ccco2)C1. The summed E-state index contributed by atoms with van der Waals surface area (Å²) in [5.74, 6) is 1.08. The van der Waals surface area contributed by atoms with E-state index >= 15 is 0 Å². The highest BCUT2D eigenvalue weighted by atomic mass is 16.3. The van der Waals surface area contributed by atoms with Crippen molar-refractivity contribution in [3.05, 3.63) is 24.2 Å². The highest BCUT2D eigenvalue weighted by Gasteiger charge is 2.24. The molecule has 3 nitrogen and oxygen atoms in total. The van der Waals surface area contributed by atoms with E-state index in [1.807, 2.05) is 13.1 Å². The Balaban J connectivity index is 1.98. The summed E-state index contributed by atoms with van der Waals surface area (Å²) >= 11 is 0. The minimum Gasteiger partial charge on any atom is -0.468 e. The molecule has 2 heterocycles. The van der Waals surface area contributed by atoms with Crippen LogP contribution in [0.4, 0.5) is 0 Å². The molecule has 3 heteroatoms. The third kappa shape index (κ3) is 2.41. The standard InChI is InChI=1S/C12H20N2O/c1-10(12-6-4-8-15-12)14-7-3-5-11(9-14)13-2/h4,6,8,10-11,13H,3,5,7,9H2,1-2H3. The van der Waals surface area contributed by atoms with Gasteiger partial charge in [-0.15, -0.1) is 0 Å². The van der Waals surface area contributed by atoms with Gasteiger partial charge in [0.1, 0.15) is 5.76 Å². The average molecular weight is 208 g/mol. The van der Waals surface area contributed by atoms with Crippen molar-refractivity contribution in [2.75, 3.05) is 20.1 Å². The lowest BCUT2D eigenvalue weighted by atomic mass is 10.0. The normalized spacial score (nSPS) is 25.3. The van der Waals surface area contributed by atoms with Crippen molar-refractivity contribution in [3.8, 4) is 0 Å². The van der Waals surface area contributed by atoms with Crippen LogP contribution in [0.25, 0.3) is 0 Å². The second-order valence-electron chi connectivity index (χ2n) is 4.31. The molecule has 1 aromatic heterocycles. The maximum absolute atomic E-state index is 5.46. The average Bonchev–Trinajstić information content (AvgIpc) is 2.81. The molecule has 15 heavy (non-hydrogen) atoms. The highest BCUT2D eigenvalue weighted by Crippen LogP contribution is 2.24. The first-order valence-electron chi connectivity index (χ1n) is 5.76. The second kappa shape index (κ2) is 4.81. The van der Waals surface area contributed by atoms with Crippen LogP contribution < -0.4 is 5.32 Å². The summed E-state index contributed by atoms with van der Waals surface area (Å²) in [6, 6.07) is 5.06. The first kappa shape index (κ1) is 10.7. The molecule has 0 bridgehead atoms. The van der Waals surface area contributed by atoms with Gasteiger partial charge in [0.15, 0.2) is 0 Å². The van der Waals surface area contributed by atoms with Gasteiger partial charge in [0, 0.05) is 12.6 Å². The Morgan fingerprint density at radius 1 is 1.60 bits per heavy atom. The van der Waals surface area contributed by atoms with Crippen molar-refractivity contribution in [3.63, 3.8) is 0 Å². The second-order valence-corrected chi connectivity index (χ2v) is 4.31. The van der Waals surface area contributed by atoms with Crippen molar-refractivity contribution >= 4 is 0 Å². The molecule has 2 unspecified atom stereocenters. The van der Waals surface area contributed by atoms with Gasteiger partial charge in [-0.05, 0) is 45.5 Å². The van der Waals surface area contributed by atoms with Crippen LogP contribution in [0, 0.1) is 0 Å². The first-order chi connectivity index (χ1) is 7.31. The number of nitrogens with zero attached hydrogens (tertiary/aromatic N) is 1. The summed E-state index contributed by atoms with van der Waals surface area (Å²) in [6.07, 6.45) is 4.32. The van der Waals surface area contributed by atoms with E-state index in [2.05, 4.69) is 23.2 Å². The molecule has 0 aliphatic carbocycles. The van der Waals surface area contributed by atoms with Crippen molar-refractivity contribution in [1.29, 1.82) is 0 Å². The van der Waals surface area contributed by atoms with Crippen LogP contribution in [0.3, 0.4) is 0 Å². The Labute approximate surface area is 91.4 Å². The van der Waals surface area contributed by atoms with E-state index in [0.717, 1.165) is 12.3 Å². The molecule has 84 valence electrons. The smallest absolute Gasteiger partial charge is 0.120 e. The lowest BCUT2D eigenvalue weighted by Crippen LogP contribution is -2.45. The van der Waals surface area contributed by atoms with Crippen LogP contribution >= 0.6 is 0 Å². The minimum absolute atomic E-state index is 0.399. The Hall–Kier alpha value is -0.800. The van der Waals surface area contributed by atoms with Crippen molar-refractivity contribution in [1.82, 2.24) is 10.2 Å². The van der Waals surface area contributed by atoms with Crippen molar-refractivity contribution in [2.45, 2.75) is 31.8 Å². The number of nitrogens with one attached hydrogen (secondary N) is 1. The maximum atomic E-state index is 5.46. The molecule has 1 aliphatic rings. The van der Waals surface area contributed by atoms with Gasteiger partial charge in [-0.2, -0.15) is 0 Å². The maximum Gasteiger partial charge on any atom is 0.120 e. The van der Waals surface area contributed by atoms with Crippen molar-refractivity contribution in [2.24, 2.45) is 0 Å². The van der Waals surface area contributed by atoms with Crippen LogP contribution in [0.15, 0.2) is 22.8 Å². The van der Waals surface area contributed by atoms with E-state index in [1.165, 1.54) is 19.4 Å². The molecule has 0 saturated carbocycles. The fraction of sp³-hybridized carbons (Fsp3) is 0.667. The first-order valence-corrected chi connectivity index (χ1v) is 5.76. The number of furan rings is 1. The van der Waals surface area contributed by atoms with Crippen LogP contribution in [-0.2, 0) is 0 Å². The summed E-state index contributed by atoms with van der Waals surface area (Å²) < 4.78 is 5.46. The molecule has 0 radical (unpaired) electrons. The van der Waals surface area contributed by atoms with E-state index < -0.39 is 0 Å². The summed E-state index contributed by atoms with van der Waals surface area (Å²) in [5, 5.41) is 3.36. The lowest BCUT2D eigenvalue weighted by molar-refractivity contribution is 0.135. The van der Waals surface area contributed by atoms with E-state index in [9.17, 15) is 0 Å². The number of rotatable bonds is 3. The number of likely N-dealkylation sites (tertiary alicyclic amines) is 1. The molecule has 1 saturated heterocycles. The fourth-order valence-electron chi connectivity index (χ4n) is 2.30. The highest BCUT2D eigenvalue weighted by molar-refractivity contribution is 5.04. The number of likely N-dealkylation sites (N-methyl/N-ethyl adjacent to an activating group) is 1. The molecule has 0 aromatic carbocycles. The number of hydrogen-bond donors (Lipinski definition) is 1. The Morgan fingerprint density at radius 3 is 3.13 bits per heavy atom. The summed E-state index contributed by atoms with van der Waals surface area (Å²) in [5.41, 5.74) is 0. The van der Waals surface area contributed by atoms with Gasteiger partial charge in [-0.25, -0.2) is 0 Å². The van der Waals surface area contributed by atoms with E-state index in [-0.39, 0.29) is 0 Å². The summed E-state index contributed by atoms with van der Waals surface area (Å²) in [6.45, 7) is 4.52. The largest absolute Gasteiger partial charge is 0.468 e. The third-order valence-corrected chi connectivity index (χ3v) is 3.36. The van der Waals surface area contributed by atoms with Crippen LogP contribution in [0.1, 0.15) is 31.6 Å². The van der Waals surface area contributed by atoms with Gasteiger partial charge in [-0.3, -0.25) is 4.90 Å². The van der Waals surface area contributed by atoms with Crippen molar-refractivity contribution < 1.29 is 4.42 Å². The Kier molecular flexibility index (Phi) is 3.44. The molecule has 1 N–H and O–H groups in total.